The van der Waals surface area contributed by atoms with Crippen molar-refractivity contribution in [3.05, 3.63) is 53.9 Å². The molecule has 0 aliphatic heterocycles. The van der Waals surface area contributed by atoms with Gasteiger partial charge in [0.2, 0.25) is 0 Å². The number of aryl methyl sites for hydroxylation is 2. The number of benzene rings is 1. The minimum Gasteiger partial charge on any atom is -0.237 e. The molecule has 2 aromatic heterocycles. The summed E-state index contributed by atoms with van der Waals surface area (Å²) in [6, 6.07) is 12.3. The number of aromatic nitrogens is 3. The topological polar surface area (TPSA) is 30.2 Å². The largest absolute Gasteiger partial charge is 0.237 e. The third-order valence-electron chi connectivity index (χ3n) is 3.60. The van der Waals surface area contributed by atoms with Crippen molar-refractivity contribution in [2.24, 2.45) is 0 Å². The van der Waals surface area contributed by atoms with Crippen LogP contribution in [0.3, 0.4) is 0 Å². The number of nitrogens with zero attached hydrogens (tertiary/aromatic N) is 3. The minimum atomic E-state index is 0.953. The van der Waals surface area contributed by atoms with E-state index in [1.165, 1.54) is 17.7 Å². The number of hydrogen-bond donors (Lipinski definition) is 0. The van der Waals surface area contributed by atoms with Crippen LogP contribution in [0.4, 0.5) is 0 Å². The third-order valence-corrected chi connectivity index (χ3v) is 3.60. The first-order chi connectivity index (χ1) is 8.92. The van der Waals surface area contributed by atoms with Gasteiger partial charge < -0.3 is 0 Å². The average Bonchev–Trinajstić information content (AvgIpc) is 3.05. The monoisotopic (exact) mass is 235 g/mol. The molecular formula is C15H13N3. The van der Waals surface area contributed by atoms with E-state index >= 15 is 0 Å². The standard InChI is InChI=1S/C15H13N3/c1-2-5-11(6-3-1)13-9-15-16-10-12-7-4-8-14(12)18(15)17-13/h1-3,5-6,9-10H,4,7-8H2. The summed E-state index contributed by atoms with van der Waals surface area (Å²) >= 11 is 0. The van der Waals surface area contributed by atoms with E-state index in [2.05, 4.69) is 23.2 Å². The molecule has 0 saturated carbocycles. The average molecular weight is 235 g/mol. The van der Waals surface area contributed by atoms with Crippen LogP contribution in [-0.2, 0) is 12.8 Å². The van der Waals surface area contributed by atoms with Crippen LogP contribution in [-0.4, -0.2) is 14.6 Å². The molecule has 0 amide bonds. The molecule has 1 aliphatic rings. The zero-order chi connectivity index (χ0) is 11.9. The Hall–Kier alpha value is -2.16. The molecule has 0 radical (unpaired) electrons. The molecule has 0 unspecified atom stereocenters. The molecule has 1 aliphatic carbocycles. The molecule has 0 spiro atoms. The van der Waals surface area contributed by atoms with Gasteiger partial charge in [-0.2, -0.15) is 5.10 Å². The molecule has 3 aromatic rings. The highest BCUT2D eigenvalue weighted by Gasteiger charge is 2.16. The van der Waals surface area contributed by atoms with E-state index in [0.29, 0.717) is 0 Å². The normalized spacial score (nSPS) is 14.0. The maximum Gasteiger partial charge on any atom is 0.155 e. The molecule has 4 rings (SSSR count). The Balaban J connectivity index is 1.95. The van der Waals surface area contributed by atoms with E-state index in [0.717, 1.165) is 29.7 Å². The summed E-state index contributed by atoms with van der Waals surface area (Å²) in [4.78, 5) is 4.50. The Bertz CT molecular complexity index is 713. The number of fused-ring (bicyclic) bond motifs is 3. The second-order valence-electron chi connectivity index (χ2n) is 4.75. The minimum absolute atomic E-state index is 0.953. The lowest BCUT2D eigenvalue weighted by atomic mass is 10.2. The van der Waals surface area contributed by atoms with Crippen LogP contribution in [0.25, 0.3) is 16.9 Å². The highest BCUT2D eigenvalue weighted by molar-refractivity contribution is 5.64. The van der Waals surface area contributed by atoms with Crippen molar-refractivity contribution in [1.29, 1.82) is 0 Å². The summed E-state index contributed by atoms with van der Waals surface area (Å²) in [6.45, 7) is 0. The van der Waals surface area contributed by atoms with Gasteiger partial charge in [-0.1, -0.05) is 30.3 Å². The molecule has 1 aromatic carbocycles. The van der Waals surface area contributed by atoms with Gasteiger partial charge in [-0.3, -0.25) is 0 Å². The lowest BCUT2D eigenvalue weighted by molar-refractivity contribution is 0.839. The summed E-state index contributed by atoms with van der Waals surface area (Å²) in [7, 11) is 0. The molecule has 2 heterocycles. The summed E-state index contributed by atoms with van der Waals surface area (Å²) in [5, 5.41) is 4.71. The molecule has 3 heteroatoms. The van der Waals surface area contributed by atoms with Gasteiger partial charge >= 0.3 is 0 Å². The van der Waals surface area contributed by atoms with E-state index in [1.807, 2.05) is 28.9 Å². The molecule has 18 heavy (non-hydrogen) atoms. The van der Waals surface area contributed by atoms with E-state index in [1.54, 1.807) is 0 Å². The third kappa shape index (κ3) is 1.37. The van der Waals surface area contributed by atoms with E-state index in [-0.39, 0.29) is 0 Å². The highest BCUT2D eigenvalue weighted by Crippen LogP contribution is 2.24. The fourth-order valence-electron chi connectivity index (χ4n) is 2.69. The second kappa shape index (κ2) is 3.67. The maximum absolute atomic E-state index is 4.71. The summed E-state index contributed by atoms with van der Waals surface area (Å²) in [5.41, 5.74) is 5.79. The van der Waals surface area contributed by atoms with Crippen LogP contribution < -0.4 is 0 Å². The van der Waals surface area contributed by atoms with Crippen molar-refractivity contribution in [3.8, 4) is 11.3 Å². The Morgan fingerprint density at radius 2 is 1.94 bits per heavy atom. The van der Waals surface area contributed by atoms with Gasteiger partial charge in [0.05, 0.1) is 5.69 Å². The van der Waals surface area contributed by atoms with Crippen LogP contribution >= 0.6 is 0 Å². The predicted octanol–water partition coefficient (Wildman–Crippen LogP) is 2.89. The highest BCUT2D eigenvalue weighted by atomic mass is 15.3. The lowest BCUT2D eigenvalue weighted by Gasteiger charge is -2.00. The van der Waals surface area contributed by atoms with Gasteiger partial charge in [-0.25, -0.2) is 9.50 Å². The summed E-state index contributed by atoms with van der Waals surface area (Å²) < 4.78 is 2.02. The van der Waals surface area contributed by atoms with E-state index < -0.39 is 0 Å². The van der Waals surface area contributed by atoms with Crippen molar-refractivity contribution in [2.45, 2.75) is 19.3 Å². The number of rotatable bonds is 1. The smallest absolute Gasteiger partial charge is 0.155 e. The zero-order valence-corrected chi connectivity index (χ0v) is 10.0. The fraction of sp³-hybridized carbons (Fsp3) is 0.200. The van der Waals surface area contributed by atoms with Crippen molar-refractivity contribution >= 4 is 5.65 Å². The Labute approximate surface area is 105 Å². The van der Waals surface area contributed by atoms with E-state index in [9.17, 15) is 0 Å². The van der Waals surface area contributed by atoms with Gasteiger partial charge in [-0.15, -0.1) is 0 Å². The first-order valence-electron chi connectivity index (χ1n) is 6.34. The first kappa shape index (κ1) is 9.83. The van der Waals surface area contributed by atoms with Crippen LogP contribution in [0.2, 0.25) is 0 Å². The molecule has 88 valence electrons. The lowest BCUT2D eigenvalue weighted by Crippen LogP contribution is -1.99. The predicted molar refractivity (Wildman–Crippen MR) is 70.4 cm³/mol. The first-order valence-corrected chi connectivity index (χ1v) is 6.34. The molecule has 0 bridgehead atoms. The molecule has 0 saturated heterocycles. The quantitative estimate of drug-likeness (QED) is 0.649. The van der Waals surface area contributed by atoms with Crippen LogP contribution in [0.5, 0.6) is 0 Å². The van der Waals surface area contributed by atoms with Crippen LogP contribution in [0.15, 0.2) is 42.6 Å². The van der Waals surface area contributed by atoms with Crippen molar-refractivity contribution in [3.63, 3.8) is 0 Å². The summed E-state index contributed by atoms with van der Waals surface area (Å²) in [5.74, 6) is 0. The zero-order valence-electron chi connectivity index (χ0n) is 10.0. The Kier molecular flexibility index (Phi) is 2.00. The Morgan fingerprint density at radius 1 is 1.06 bits per heavy atom. The van der Waals surface area contributed by atoms with Gasteiger partial charge in [0, 0.05) is 23.5 Å². The molecule has 0 fully saturated rings. The summed E-state index contributed by atoms with van der Waals surface area (Å²) in [6.07, 6.45) is 5.48. The fourth-order valence-corrected chi connectivity index (χ4v) is 2.69. The Morgan fingerprint density at radius 3 is 2.83 bits per heavy atom. The van der Waals surface area contributed by atoms with Crippen molar-refractivity contribution in [1.82, 2.24) is 14.6 Å². The van der Waals surface area contributed by atoms with Gasteiger partial charge in [-0.05, 0) is 24.8 Å². The molecule has 3 nitrogen and oxygen atoms in total. The van der Waals surface area contributed by atoms with Gasteiger partial charge in [0.15, 0.2) is 5.65 Å². The van der Waals surface area contributed by atoms with Crippen LogP contribution in [0.1, 0.15) is 17.7 Å². The number of hydrogen-bond acceptors (Lipinski definition) is 2. The second-order valence-corrected chi connectivity index (χ2v) is 4.75. The van der Waals surface area contributed by atoms with Gasteiger partial charge in [0.25, 0.3) is 0 Å². The van der Waals surface area contributed by atoms with E-state index in [4.69, 9.17) is 5.10 Å². The van der Waals surface area contributed by atoms with Crippen LogP contribution in [0, 0.1) is 0 Å². The molecule has 0 N–H and O–H groups in total. The molecular weight excluding hydrogens is 222 g/mol. The molecule has 0 atom stereocenters. The SMILES string of the molecule is c1ccc(-c2cc3ncc4c(n3n2)CCC4)cc1. The van der Waals surface area contributed by atoms with Gasteiger partial charge in [0.1, 0.15) is 0 Å². The van der Waals surface area contributed by atoms with Crippen molar-refractivity contribution < 1.29 is 0 Å². The van der Waals surface area contributed by atoms with Crippen molar-refractivity contribution in [2.75, 3.05) is 0 Å². The maximum atomic E-state index is 4.71.